The van der Waals surface area contributed by atoms with E-state index in [1.54, 1.807) is 12.1 Å². The van der Waals surface area contributed by atoms with Gasteiger partial charge in [0.1, 0.15) is 12.4 Å². The zero-order valence-electron chi connectivity index (χ0n) is 8.91. The van der Waals surface area contributed by atoms with Gasteiger partial charge in [0, 0.05) is 18.0 Å². The molecule has 0 aliphatic rings. The fourth-order valence-electron chi connectivity index (χ4n) is 1.14. The molecular formula is C11H15ClN2O2. The molecule has 1 aromatic rings. The first kappa shape index (κ1) is 12.8. The van der Waals surface area contributed by atoms with E-state index < -0.39 is 0 Å². The van der Waals surface area contributed by atoms with Gasteiger partial charge in [-0.15, -0.1) is 0 Å². The lowest BCUT2D eigenvalue weighted by Gasteiger charge is -2.07. The largest absolute Gasteiger partial charge is 0.492 e. The Balaban J connectivity index is 2.18. The van der Waals surface area contributed by atoms with Gasteiger partial charge in [-0.25, -0.2) is 0 Å². The number of nitrogens with two attached hydrogens (primary N) is 1. The molecule has 88 valence electrons. The Morgan fingerprint density at radius 3 is 3.00 bits per heavy atom. The van der Waals surface area contributed by atoms with Crippen molar-refractivity contribution < 1.29 is 9.53 Å². The van der Waals surface area contributed by atoms with E-state index in [-0.39, 0.29) is 5.91 Å². The van der Waals surface area contributed by atoms with Crippen LogP contribution in [0.15, 0.2) is 24.3 Å². The maximum Gasteiger partial charge on any atom is 0.221 e. The highest BCUT2D eigenvalue weighted by Crippen LogP contribution is 2.16. The first-order valence-corrected chi connectivity index (χ1v) is 5.45. The van der Waals surface area contributed by atoms with Crippen LogP contribution in [0.1, 0.15) is 6.42 Å². The van der Waals surface area contributed by atoms with Gasteiger partial charge in [-0.05, 0) is 18.2 Å². The Hall–Kier alpha value is -1.26. The van der Waals surface area contributed by atoms with Crippen LogP contribution in [0.3, 0.4) is 0 Å². The number of amides is 1. The number of hydrogen-bond donors (Lipinski definition) is 2. The van der Waals surface area contributed by atoms with Crippen molar-refractivity contribution in [3.8, 4) is 5.75 Å². The quantitative estimate of drug-likeness (QED) is 0.737. The molecule has 0 spiro atoms. The van der Waals surface area contributed by atoms with Crippen LogP contribution in [-0.4, -0.2) is 25.6 Å². The molecule has 3 N–H and O–H groups in total. The lowest BCUT2D eigenvalue weighted by Crippen LogP contribution is -2.29. The number of carbonyl (C=O) groups is 1. The topological polar surface area (TPSA) is 64.4 Å². The van der Waals surface area contributed by atoms with Crippen LogP contribution in [0.4, 0.5) is 0 Å². The van der Waals surface area contributed by atoms with E-state index in [0.717, 1.165) is 0 Å². The normalized spacial score (nSPS) is 9.88. The maximum atomic E-state index is 11.0. The third-order valence-electron chi connectivity index (χ3n) is 1.86. The summed E-state index contributed by atoms with van der Waals surface area (Å²) in [6, 6.07) is 7.12. The lowest BCUT2D eigenvalue weighted by molar-refractivity contribution is -0.120. The van der Waals surface area contributed by atoms with Gasteiger partial charge in [0.2, 0.25) is 5.91 Å². The van der Waals surface area contributed by atoms with Crippen molar-refractivity contribution in [3.05, 3.63) is 29.3 Å². The third-order valence-corrected chi connectivity index (χ3v) is 2.10. The Morgan fingerprint density at radius 1 is 1.50 bits per heavy atom. The van der Waals surface area contributed by atoms with Crippen LogP contribution in [0.5, 0.6) is 5.75 Å². The second-order valence-electron chi connectivity index (χ2n) is 3.19. The van der Waals surface area contributed by atoms with Gasteiger partial charge in [0.25, 0.3) is 0 Å². The molecule has 16 heavy (non-hydrogen) atoms. The van der Waals surface area contributed by atoms with Gasteiger partial charge < -0.3 is 15.8 Å². The first-order valence-electron chi connectivity index (χ1n) is 5.07. The van der Waals surface area contributed by atoms with Crippen molar-refractivity contribution in [3.63, 3.8) is 0 Å². The van der Waals surface area contributed by atoms with E-state index in [1.807, 2.05) is 12.1 Å². The van der Waals surface area contributed by atoms with Gasteiger partial charge in [-0.2, -0.15) is 0 Å². The molecular weight excluding hydrogens is 228 g/mol. The van der Waals surface area contributed by atoms with Crippen molar-refractivity contribution in [1.82, 2.24) is 5.32 Å². The van der Waals surface area contributed by atoms with Crippen LogP contribution in [0.25, 0.3) is 0 Å². The zero-order valence-corrected chi connectivity index (χ0v) is 9.67. The summed E-state index contributed by atoms with van der Waals surface area (Å²) in [6.07, 6.45) is 0.344. The van der Waals surface area contributed by atoms with Gasteiger partial charge >= 0.3 is 0 Å². The molecule has 0 aliphatic carbocycles. The molecule has 1 aromatic carbocycles. The number of hydrogen-bond acceptors (Lipinski definition) is 3. The summed E-state index contributed by atoms with van der Waals surface area (Å²) >= 11 is 5.79. The number of benzene rings is 1. The van der Waals surface area contributed by atoms with Crippen molar-refractivity contribution in [2.24, 2.45) is 5.73 Å². The fraction of sp³-hybridized carbons (Fsp3) is 0.364. The van der Waals surface area contributed by atoms with E-state index in [2.05, 4.69) is 5.32 Å². The van der Waals surface area contributed by atoms with E-state index >= 15 is 0 Å². The highest BCUT2D eigenvalue weighted by molar-refractivity contribution is 6.30. The second-order valence-corrected chi connectivity index (χ2v) is 3.63. The summed E-state index contributed by atoms with van der Waals surface area (Å²) in [5.74, 6) is 0.637. The summed E-state index contributed by atoms with van der Waals surface area (Å²) in [5, 5.41) is 3.32. The van der Waals surface area contributed by atoms with Crippen molar-refractivity contribution >= 4 is 17.5 Å². The lowest BCUT2D eigenvalue weighted by atomic mass is 10.3. The van der Waals surface area contributed by atoms with Crippen molar-refractivity contribution in [2.45, 2.75) is 6.42 Å². The Bertz CT molecular complexity index is 345. The highest BCUT2D eigenvalue weighted by Gasteiger charge is 1.98. The van der Waals surface area contributed by atoms with Crippen LogP contribution in [0, 0.1) is 0 Å². The maximum absolute atomic E-state index is 11.0. The van der Waals surface area contributed by atoms with E-state index in [1.165, 1.54) is 0 Å². The van der Waals surface area contributed by atoms with Gasteiger partial charge in [0.15, 0.2) is 0 Å². The number of ether oxygens (including phenoxy) is 1. The van der Waals surface area contributed by atoms with Crippen molar-refractivity contribution in [2.75, 3.05) is 19.7 Å². The predicted molar refractivity (Wildman–Crippen MR) is 63.6 cm³/mol. The molecule has 1 amide bonds. The molecule has 0 heterocycles. The van der Waals surface area contributed by atoms with Crippen LogP contribution < -0.4 is 15.8 Å². The van der Waals surface area contributed by atoms with Gasteiger partial charge in [-0.1, -0.05) is 17.7 Å². The molecule has 0 bridgehead atoms. The summed E-state index contributed by atoms with van der Waals surface area (Å²) in [4.78, 5) is 11.0. The molecule has 4 nitrogen and oxygen atoms in total. The third kappa shape index (κ3) is 5.00. The zero-order chi connectivity index (χ0) is 11.8. The van der Waals surface area contributed by atoms with Gasteiger partial charge in [0.05, 0.1) is 6.54 Å². The summed E-state index contributed by atoms with van der Waals surface area (Å²) < 4.78 is 5.38. The molecule has 0 aliphatic heterocycles. The minimum Gasteiger partial charge on any atom is -0.492 e. The number of carbonyl (C=O) groups excluding carboxylic acids is 1. The minimum atomic E-state index is -0.0582. The molecule has 1 rings (SSSR count). The summed E-state index contributed by atoms with van der Waals surface area (Å²) in [5.41, 5.74) is 5.23. The molecule has 0 atom stereocenters. The van der Waals surface area contributed by atoms with Crippen LogP contribution in [-0.2, 0) is 4.79 Å². The average Bonchev–Trinajstić information content (AvgIpc) is 2.25. The minimum absolute atomic E-state index is 0.0582. The molecule has 5 heteroatoms. The monoisotopic (exact) mass is 242 g/mol. The summed E-state index contributed by atoms with van der Waals surface area (Å²) in [6.45, 7) is 1.24. The fourth-order valence-corrected chi connectivity index (χ4v) is 1.32. The SMILES string of the molecule is NCCC(=O)NCCOc1cccc(Cl)c1. The van der Waals surface area contributed by atoms with E-state index in [9.17, 15) is 4.79 Å². The van der Waals surface area contributed by atoms with Gasteiger partial charge in [-0.3, -0.25) is 4.79 Å². The Kier molecular flexibility index (Phi) is 5.67. The van der Waals surface area contributed by atoms with E-state index in [4.69, 9.17) is 22.1 Å². The molecule has 0 fully saturated rings. The number of rotatable bonds is 6. The molecule has 0 saturated heterocycles. The molecule has 0 aromatic heterocycles. The van der Waals surface area contributed by atoms with Crippen LogP contribution in [0.2, 0.25) is 5.02 Å². The second kappa shape index (κ2) is 7.09. The average molecular weight is 243 g/mol. The predicted octanol–water partition coefficient (Wildman–Crippen LogP) is 1.18. The standard InChI is InChI=1S/C11H15ClN2O2/c12-9-2-1-3-10(8-9)16-7-6-14-11(15)4-5-13/h1-3,8H,4-7,13H2,(H,14,15). The molecule has 0 radical (unpaired) electrons. The van der Waals surface area contributed by atoms with E-state index in [0.29, 0.717) is 36.9 Å². The molecule has 0 unspecified atom stereocenters. The highest BCUT2D eigenvalue weighted by atomic mass is 35.5. The Morgan fingerprint density at radius 2 is 2.31 bits per heavy atom. The summed E-state index contributed by atoms with van der Waals surface area (Å²) in [7, 11) is 0. The number of nitrogens with one attached hydrogen (secondary N) is 1. The van der Waals surface area contributed by atoms with Crippen LogP contribution >= 0.6 is 11.6 Å². The Labute approximate surface area is 99.7 Å². The first-order chi connectivity index (χ1) is 7.72. The molecule has 0 saturated carbocycles. The number of halogens is 1. The van der Waals surface area contributed by atoms with Crippen molar-refractivity contribution in [1.29, 1.82) is 0 Å². The smallest absolute Gasteiger partial charge is 0.221 e.